The summed E-state index contributed by atoms with van der Waals surface area (Å²) < 4.78 is 6.19. The third-order valence-corrected chi connectivity index (χ3v) is 2.91. The topological polar surface area (TPSA) is 89.9 Å². The molecule has 0 radical (unpaired) electrons. The summed E-state index contributed by atoms with van der Waals surface area (Å²) in [5, 5.41) is 3.17. The van der Waals surface area contributed by atoms with E-state index in [9.17, 15) is 9.59 Å². The third kappa shape index (κ3) is 2.29. The van der Waals surface area contributed by atoms with Crippen molar-refractivity contribution < 1.29 is 9.53 Å². The molecule has 21 heavy (non-hydrogen) atoms. The molecule has 0 unspecified atom stereocenters. The van der Waals surface area contributed by atoms with Crippen molar-refractivity contribution in [2.45, 2.75) is 6.92 Å². The number of nitrogens with zero attached hydrogens (tertiary/aromatic N) is 3. The van der Waals surface area contributed by atoms with Gasteiger partial charge in [-0.2, -0.15) is 0 Å². The van der Waals surface area contributed by atoms with Gasteiger partial charge in [-0.1, -0.05) is 18.2 Å². The number of benzene rings is 1. The van der Waals surface area contributed by atoms with E-state index in [2.05, 4.69) is 15.1 Å². The number of aromatic amines is 1. The number of nitrogens with one attached hydrogen (secondary N) is 1. The van der Waals surface area contributed by atoms with E-state index in [1.165, 1.54) is 10.9 Å². The first kappa shape index (κ1) is 13.0. The second kappa shape index (κ2) is 5.20. The Morgan fingerprint density at radius 3 is 2.81 bits per heavy atom. The highest BCUT2D eigenvalue weighted by atomic mass is 16.5. The molecule has 0 aliphatic heterocycles. The number of H-pyrrole nitrogens is 1. The molecule has 1 aromatic carbocycles. The Morgan fingerprint density at radius 1 is 1.33 bits per heavy atom. The van der Waals surface area contributed by atoms with Crippen LogP contribution in [0.3, 0.4) is 0 Å². The minimum absolute atomic E-state index is 0.0780. The molecule has 2 aromatic heterocycles. The Kier molecular flexibility index (Phi) is 3.23. The van der Waals surface area contributed by atoms with E-state index in [0.29, 0.717) is 16.7 Å². The van der Waals surface area contributed by atoms with E-state index in [1.807, 2.05) is 18.2 Å². The number of esters is 1. The molecule has 0 atom stereocenters. The van der Waals surface area contributed by atoms with Crippen molar-refractivity contribution in [1.82, 2.24) is 19.7 Å². The number of aromatic nitrogens is 4. The van der Waals surface area contributed by atoms with Crippen molar-refractivity contribution in [2.24, 2.45) is 0 Å². The van der Waals surface area contributed by atoms with Crippen LogP contribution in [0.5, 0.6) is 0 Å². The van der Waals surface area contributed by atoms with Crippen LogP contribution in [0.2, 0.25) is 0 Å². The molecule has 7 heteroatoms. The van der Waals surface area contributed by atoms with Crippen LogP contribution in [0.15, 0.2) is 41.3 Å². The van der Waals surface area contributed by atoms with Crippen LogP contribution >= 0.6 is 0 Å². The summed E-state index contributed by atoms with van der Waals surface area (Å²) in [5.41, 5.74) is 0.701. The number of rotatable bonds is 3. The maximum absolute atomic E-state index is 12.3. The molecule has 2 heterocycles. The zero-order chi connectivity index (χ0) is 14.8. The summed E-state index contributed by atoms with van der Waals surface area (Å²) >= 11 is 0. The molecule has 0 aliphatic rings. The molecular formula is C14H12N4O3. The van der Waals surface area contributed by atoms with Crippen LogP contribution in [0, 0.1) is 0 Å². The predicted molar refractivity (Wildman–Crippen MR) is 75.4 cm³/mol. The summed E-state index contributed by atoms with van der Waals surface area (Å²) in [6, 6.07) is 9.08. The molecule has 0 bridgehead atoms. The first-order chi connectivity index (χ1) is 10.2. The van der Waals surface area contributed by atoms with Gasteiger partial charge in [-0.25, -0.2) is 19.4 Å². The molecule has 3 aromatic rings. The lowest BCUT2D eigenvalue weighted by atomic mass is 10.3. The quantitative estimate of drug-likeness (QED) is 0.732. The molecule has 3 rings (SSSR count). The van der Waals surface area contributed by atoms with Gasteiger partial charge in [-0.05, 0) is 19.1 Å². The second-order valence-corrected chi connectivity index (χ2v) is 4.26. The van der Waals surface area contributed by atoms with E-state index in [-0.39, 0.29) is 18.0 Å². The number of fused-ring (bicyclic) bond motifs is 1. The number of hydrogen-bond acceptors (Lipinski definition) is 5. The smallest absolute Gasteiger partial charge is 0.376 e. The number of ether oxygens (including phenoxy) is 1. The molecular weight excluding hydrogens is 272 g/mol. The van der Waals surface area contributed by atoms with Crippen LogP contribution < -0.4 is 5.56 Å². The van der Waals surface area contributed by atoms with E-state index >= 15 is 0 Å². The molecule has 106 valence electrons. The molecule has 0 saturated heterocycles. The molecule has 1 N–H and O–H groups in total. The van der Waals surface area contributed by atoms with Crippen LogP contribution in [-0.4, -0.2) is 32.3 Å². The fourth-order valence-corrected chi connectivity index (χ4v) is 1.95. The van der Waals surface area contributed by atoms with Crippen molar-refractivity contribution in [3.8, 4) is 5.69 Å². The zero-order valence-electron chi connectivity index (χ0n) is 11.2. The standard InChI is InChI=1S/C14H12N4O3/c1-2-21-14(20)12-15-8-10-11(16-12)17-18(13(10)19)9-6-4-3-5-7-9/h3-8H,2H2,1H3,(H,15,16,17). The Hall–Kier alpha value is -2.96. The van der Waals surface area contributed by atoms with Crippen LogP contribution in [0.25, 0.3) is 16.7 Å². The highest BCUT2D eigenvalue weighted by Crippen LogP contribution is 2.09. The lowest BCUT2D eigenvalue weighted by Crippen LogP contribution is -2.14. The van der Waals surface area contributed by atoms with Crippen molar-refractivity contribution in [3.05, 3.63) is 52.7 Å². The minimum Gasteiger partial charge on any atom is -0.460 e. The van der Waals surface area contributed by atoms with Crippen molar-refractivity contribution >= 4 is 17.0 Å². The second-order valence-electron chi connectivity index (χ2n) is 4.26. The van der Waals surface area contributed by atoms with Gasteiger partial charge in [-0.15, -0.1) is 0 Å². The van der Waals surface area contributed by atoms with Gasteiger partial charge in [0.25, 0.3) is 5.56 Å². The Morgan fingerprint density at radius 2 is 2.10 bits per heavy atom. The van der Waals surface area contributed by atoms with Crippen molar-refractivity contribution in [1.29, 1.82) is 0 Å². The fraction of sp³-hybridized carbons (Fsp3) is 0.143. The van der Waals surface area contributed by atoms with Gasteiger partial charge in [0, 0.05) is 6.20 Å². The van der Waals surface area contributed by atoms with Crippen molar-refractivity contribution in [2.75, 3.05) is 6.61 Å². The van der Waals surface area contributed by atoms with E-state index in [0.717, 1.165) is 0 Å². The summed E-state index contributed by atoms with van der Waals surface area (Å²) in [4.78, 5) is 31.8. The molecule has 0 spiro atoms. The largest absolute Gasteiger partial charge is 0.460 e. The van der Waals surface area contributed by atoms with Gasteiger partial charge in [0.1, 0.15) is 5.39 Å². The molecule has 0 fully saturated rings. The lowest BCUT2D eigenvalue weighted by Gasteiger charge is -1.99. The molecule has 0 amide bonds. The number of hydrogen-bond donors (Lipinski definition) is 1. The zero-order valence-corrected chi connectivity index (χ0v) is 11.2. The predicted octanol–water partition coefficient (Wildman–Crippen LogP) is 1.29. The molecule has 0 saturated carbocycles. The van der Waals surface area contributed by atoms with Crippen LogP contribution in [0.1, 0.15) is 17.5 Å². The summed E-state index contributed by atoms with van der Waals surface area (Å²) in [7, 11) is 0. The van der Waals surface area contributed by atoms with Gasteiger partial charge in [0.15, 0.2) is 5.65 Å². The summed E-state index contributed by atoms with van der Waals surface area (Å²) in [5.74, 6) is -0.696. The van der Waals surface area contributed by atoms with E-state index in [4.69, 9.17) is 4.74 Å². The number of carbonyl (C=O) groups excluding carboxylic acids is 1. The maximum atomic E-state index is 12.3. The fourth-order valence-electron chi connectivity index (χ4n) is 1.95. The van der Waals surface area contributed by atoms with Crippen LogP contribution in [0.4, 0.5) is 0 Å². The first-order valence-corrected chi connectivity index (χ1v) is 6.41. The van der Waals surface area contributed by atoms with Crippen LogP contribution in [-0.2, 0) is 4.74 Å². The van der Waals surface area contributed by atoms with E-state index in [1.54, 1.807) is 19.1 Å². The van der Waals surface area contributed by atoms with E-state index < -0.39 is 5.97 Å². The highest BCUT2D eigenvalue weighted by molar-refractivity contribution is 5.87. The Labute approximate surface area is 119 Å². The average Bonchev–Trinajstić information content (AvgIpc) is 2.85. The summed E-state index contributed by atoms with van der Waals surface area (Å²) in [6.45, 7) is 1.94. The third-order valence-electron chi connectivity index (χ3n) is 2.91. The van der Waals surface area contributed by atoms with Gasteiger partial charge in [0.2, 0.25) is 5.82 Å². The normalized spacial score (nSPS) is 10.7. The average molecular weight is 284 g/mol. The minimum atomic E-state index is -0.618. The van der Waals surface area contributed by atoms with Gasteiger partial charge in [-0.3, -0.25) is 9.89 Å². The molecule has 7 nitrogen and oxygen atoms in total. The first-order valence-electron chi connectivity index (χ1n) is 6.41. The van der Waals surface area contributed by atoms with Gasteiger partial charge < -0.3 is 4.74 Å². The monoisotopic (exact) mass is 284 g/mol. The highest BCUT2D eigenvalue weighted by Gasteiger charge is 2.15. The Balaban J connectivity index is 2.12. The number of carbonyl (C=O) groups is 1. The lowest BCUT2D eigenvalue weighted by molar-refractivity contribution is 0.0512. The van der Waals surface area contributed by atoms with Gasteiger partial charge >= 0.3 is 5.97 Å². The maximum Gasteiger partial charge on any atom is 0.376 e. The van der Waals surface area contributed by atoms with Gasteiger partial charge in [0.05, 0.1) is 12.3 Å². The SMILES string of the molecule is CCOC(=O)c1ncc2c(=O)n(-c3ccccc3)[nH]c2n1. The van der Waals surface area contributed by atoms with Crippen molar-refractivity contribution in [3.63, 3.8) is 0 Å². The number of para-hydroxylation sites is 1. The molecule has 0 aliphatic carbocycles. The Bertz CT molecular complexity index is 852. The summed E-state index contributed by atoms with van der Waals surface area (Å²) in [6.07, 6.45) is 1.33.